The van der Waals surface area contributed by atoms with Gasteiger partial charge < -0.3 is 15.1 Å². The summed E-state index contributed by atoms with van der Waals surface area (Å²) >= 11 is 0. The molecule has 0 unspecified atom stereocenters. The number of carbonyl (C=O) groups excluding carboxylic acids is 2. The first-order valence-corrected chi connectivity index (χ1v) is 8.78. The minimum Gasteiger partial charge on any atom is -0.469 e. The monoisotopic (exact) mass is 366 g/mol. The number of amides is 2. The van der Waals surface area contributed by atoms with E-state index in [1.807, 2.05) is 6.92 Å². The summed E-state index contributed by atoms with van der Waals surface area (Å²) in [6.07, 6.45) is 4.13. The maximum absolute atomic E-state index is 12.5. The Morgan fingerprint density at radius 1 is 1.07 bits per heavy atom. The normalized spacial score (nSPS) is 10.6. The second-order valence-corrected chi connectivity index (χ2v) is 6.32. The standard InChI is InChI=1S/C20H22N4O3/c1-4-9-24-11-18(14(3)23-24)20(26)22-17-7-5-16(6-8-17)21-19(25)15-10-13(2)27-12-15/h5-8,10-12H,4,9H2,1-3H3,(H,21,25)(H,22,26). The molecule has 7 heteroatoms. The molecule has 140 valence electrons. The molecule has 0 bridgehead atoms. The van der Waals surface area contributed by atoms with Crippen LogP contribution in [-0.4, -0.2) is 21.6 Å². The van der Waals surface area contributed by atoms with Gasteiger partial charge in [-0.1, -0.05) is 6.92 Å². The minimum absolute atomic E-state index is 0.208. The molecule has 0 radical (unpaired) electrons. The number of furan rings is 1. The predicted octanol–water partition coefficient (Wildman–Crippen LogP) is 4.01. The van der Waals surface area contributed by atoms with E-state index < -0.39 is 0 Å². The highest BCUT2D eigenvalue weighted by Gasteiger charge is 2.14. The second kappa shape index (κ2) is 7.90. The highest BCUT2D eigenvalue weighted by atomic mass is 16.3. The highest BCUT2D eigenvalue weighted by molar-refractivity contribution is 6.06. The molecule has 0 aliphatic heterocycles. The van der Waals surface area contributed by atoms with Gasteiger partial charge >= 0.3 is 0 Å². The smallest absolute Gasteiger partial charge is 0.259 e. The highest BCUT2D eigenvalue weighted by Crippen LogP contribution is 2.17. The summed E-state index contributed by atoms with van der Waals surface area (Å²) in [5, 5.41) is 9.98. The van der Waals surface area contributed by atoms with E-state index in [9.17, 15) is 9.59 Å². The van der Waals surface area contributed by atoms with Crippen LogP contribution in [-0.2, 0) is 6.54 Å². The van der Waals surface area contributed by atoms with Crippen LogP contribution >= 0.6 is 0 Å². The summed E-state index contributed by atoms with van der Waals surface area (Å²) in [6, 6.07) is 8.60. The zero-order valence-electron chi connectivity index (χ0n) is 15.6. The molecule has 2 amide bonds. The molecule has 0 saturated carbocycles. The lowest BCUT2D eigenvalue weighted by atomic mass is 10.2. The molecule has 0 spiro atoms. The predicted molar refractivity (Wildman–Crippen MR) is 103 cm³/mol. The Balaban J connectivity index is 1.63. The van der Waals surface area contributed by atoms with E-state index in [2.05, 4.69) is 22.7 Å². The van der Waals surface area contributed by atoms with Gasteiger partial charge in [0.2, 0.25) is 0 Å². The molecule has 1 aromatic carbocycles. The van der Waals surface area contributed by atoms with E-state index in [1.165, 1.54) is 6.26 Å². The van der Waals surface area contributed by atoms with Gasteiger partial charge in [-0.05, 0) is 50.6 Å². The van der Waals surface area contributed by atoms with Gasteiger partial charge in [-0.2, -0.15) is 5.10 Å². The molecular formula is C20H22N4O3. The number of nitrogens with zero attached hydrogens (tertiary/aromatic N) is 2. The second-order valence-electron chi connectivity index (χ2n) is 6.32. The Morgan fingerprint density at radius 3 is 2.26 bits per heavy atom. The summed E-state index contributed by atoms with van der Waals surface area (Å²) in [4.78, 5) is 24.6. The molecule has 3 rings (SSSR count). The van der Waals surface area contributed by atoms with Gasteiger partial charge in [0.15, 0.2) is 0 Å². The number of anilines is 2. The summed E-state index contributed by atoms with van der Waals surface area (Å²) < 4.78 is 6.92. The van der Waals surface area contributed by atoms with Crippen LogP contribution in [0.4, 0.5) is 11.4 Å². The van der Waals surface area contributed by atoms with Crippen LogP contribution in [0.15, 0.2) is 47.2 Å². The van der Waals surface area contributed by atoms with Crippen LogP contribution in [0.1, 0.15) is 45.5 Å². The molecule has 7 nitrogen and oxygen atoms in total. The van der Waals surface area contributed by atoms with Crippen molar-refractivity contribution in [3.63, 3.8) is 0 Å². The minimum atomic E-state index is -0.248. The molecular weight excluding hydrogens is 344 g/mol. The van der Waals surface area contributed by atoms with Gasteiger partial charge in [0, 0.05) is 24.1 Å². The third-order valence-electron chi connectivity index (χ3n) is 4.04. The Labute approximate surface area is 157 Å². The lowest BCUT2D eigenvalue weighted by Gasteiger charge is -2.07. The summed E-state index contributed by atoms with van der Waals surface area (Å²) in [5.41, 5.74) is 2.98. The molecule has 0 atom stereocenters. The van der Waals surface area contributed by atoms with Crippen molar-refractivity contribution in [2.45, 2.75) is 33.7 Å². The van der Waals surface area contributed by atoms with Crippen molar-refractivity contribution >= 4 is 23.2 Å². The van der Waals surface area contributed by atoms with Gasteiger partial charge in [0.25, 0.3) is 11.8 Å². The molecule has 0 aliphatic carbocycles. The van der Waals surface area contributed by atoms with Crippen molar-refractivity contribution in [1.29, 1.82) is 0 Å². The summed E-state index contributed by atoms with van der Waals surface area (Å²) in [6.45, 7) is 6.43. The van der Waals surface area contributed by atoms with E-state index in [-0.39, 0.29) is 11.8 Å². The fourth-order valence-corrected chi connectivity index (χ4v) is 2.69. The first-order chi connectivity index (χ1) is 13.0. The average molecular weight is 366 g/mol. The number of hydrogen-bond acceptors (Lipinski definition) is 4. The number of nitrogens with one attached hydrogen (secondary N) is 2. The largest absolute Gasteiger partial charge is 0.469 e. The Hall–Kier alpha value is -3.35. The molecule has 27 heavy (non-hydrogen) atoms. The summed E-state index contributed by atoms with van der Waals surface area (Å²) in [7, 11) is 0. The van der Waals surface area contributed by atoms with E-state index in [0.717, 1.165) is 13.0 Å². The van der Waals surface area contributed by atoms with Crippen LogP contribution in [0.5, 0.6) is 0 Å². The third kappa shape index (κ3) is 4.44. The first-order valence-electron chi connectivity index (χ1n) is 8.78. The fraction of sp³-hybridized carbons (Fsp3) is 0.250. The first kappa shape index (κ1) is 18.4. The van der Waals surface area contributed by atoms with Gasteiger partial charge in [-0.3, -0.25) is 14.3 Å². The van der Waals surface area contributed by atoms with Crippen molar-refractivity contribution in [2.24, 2.45) is 0 Å². The molecule has 3 aromatic rings. The molecule has 0 saturated heterocycles. The molecule has 2 N–H and O–H groups in total. The van der Waals surface area contributed by atoms with Crippen molar-refractivity contribution in [3.05, 3.63) is 65.4 Å². The van der Waals surface area contributed by atoms with Crippen molar-refractivity contribution in [1.82, 2.24) is 9.78 Å². The zero-order valence-corrected chi connectivity index (χ0v) is 15.6. The number of rotatable bonds is 6. The van der Waals surface area contributed by atoms with E-state index in [1.54, 1.807) is 48.1 Å². The zero-order chi connectivity index (χ0) is 19.4. The van der Waals surface area contributed by atoms with Crippen LogP contribution in [0, 0.1) is 13.8 Å². The lowest BCUT2D eigenvalue weighted by Crippen LogP contribution is -2.13. The number of aromatic nitrogens is 2. The fourth-order valence-electron chi connectivity index (χ4n) is 2.69. The Morgan fingerprint density at radius 2 is 1.70 bits per heavy atom. The number of carbonyl (C=O) groups is 2. The molecule has 2 heterocycles. The maximum Gasteiger partial charge on any atom is 0.259 e. The Bertz CT molecular complexity index is 954. The summed E-state index contributed by atoms with van der Waals surface area (Å²) in [5.74, 6) is 0.221. The van der Waals surface area contributed by atoms with Crippen LogP contribution < -0.4 is 10.6 Å². The van der Waals surface area contributed by atoms with E-state index >= 15 is 0 Å². The van der Waals surface area contributed by atoms with Crippen molar-refractivity contribution in [3.8, 4) is 0 Å². The average Bonchev–Trinajstić information content (AvgIpc) is 3.23. The van der Waals surface area contributed by atoms with Gasteiger partial charge in [-0.25, -0.2) is 0 Å². The van der Waals surface area contributed by atoms with Crippen LogP contribution in [0.25, 0.3) is 0 Å². The van der Waals surface area contributed by atoms with Gasteiger partial charge in [0.05, 0.1) is 16.8 Å². The van der Waals surface area contributed by atoms with Crippen molar-refractivity contribution in [2.75, 3.05) is 10.6 Å². The van der Waals surface area contributed by atoms with E-state index in [4.69, 9.17) is 4.42 Å². The quantitative estimate of drug-likeness (QED) is 0.690. The topological polar surface area (TPSA) is 89.2 Å². The molecule has 0 aliphatic rings. The SMILES string of the molecule is CCCn1cc(C(=O)Nc2ccc(NC(=O)c3coc(C)c3)cc2)c(C)n1. The number of aryl methyl sites for hydroxylation is 3. The lowest BCUT2D eigenvalue weighted by molar-refractivity contribution is 0.101. The van der Waals surface area contributed by atoms with Gasteiger partial charge in [-0.15, -0.1) is 0 Å². The molecule has 2 aromatic heterocycles. The van der Waals surface area contributed by atoms with Gasteiger partial charge in [0.1, 0.15) is 12.0 Å². The maximum atomic E-state index is 12.5. The van der Waals surface area contributed by atoms with Crippen molar-refractivity contribution < 1.29 is 14.0 Å². The number of hydrogen-bond donors (Lipinski definition) is 2. The Kier molecular flexibility index (Phi) is 5.40. The van der Waals surface area contributed by atoms with E-state index in [0.29, 0.717) is 34.0 Å². The van der Waals surface area contributed by atoms with Crippen LogP contribution in [0.2, 0.25) is 0 Å². The molecule has 0 fully saturated rings. The van der Waals surface area contributed by atoms with Crippen LogP contribution in [0.3, 0.4) is 0 Å². The third-order valence-corrected chi connectivity index (χ3v) is 4.04. The number of benzene rings is 1.